The fourth-order valence-corrected chi connectivity index (χ4v) is 9.66. The summed E-state index contributed by atoms with van der Waals surface area (Å²) in [5.41, 5.74) is -0.923. The fourth-order valence-electron chi connectivity index (χ4n) is 6.69. The highest BCUT2D eigenvalue weighted by Gasteiger charge is 2.55. The number of carbonyl (C=O) groups excluding carboxylic acids is 2. The van der Waals surface area contributed by atoms with Crippen molar-refractivity contribution in [2.45, 2.75) is 82.4 Å². The third-order valence-corrected chi connectivity index (χ3v) is 12.2. The number of sulfonamides is 2. The zero-order chi connectivity index (χ0) is 31.4. The van der Waals surface area contributed by atoms with Gasteiger partial charge in [-0.3, -0.25) is 14.5 Å². The van der Waals surface area contributed by atoms with Crippen molar-refractivity contribution >= 4 is 37.5 Å². The van der Waals surface area contributed by atoms with E-state index in [1.807, 2.05) is 0 Å². The Bertz CT molecular complexity index is 1310. The minimum Gasteiger partial charge on any atom is -0.492 e. The summed E-state index contributed by atoms with van der Waals surface area (Å²) in [6.45, 7) is 4.64. The van der Waals surface area contributed by atoms with Crippen LogP contribution in [-0.2, 0) is 29.6 Å². The third-order valence-electron chi connectivity index (χ3n) is 8.98. The van der Waals surface area contributed by atoms with E-state index in [-0.39, 0.29) is 23.4 Å². The second-order valence-electron chi connectivity index (χ2n) is 12.1. The molecule has 0 unspecified atom stereocenters. The number of anilines is 1. The first-order chi connectivity index (χ1) is 20.3. The highest BCUT2D eigenvalue weighted by Crippen LogP contribution is 2.36. The molecule has 0 bridgehead atoms. The Hall–Kier alpha value is -2.42. The van der Waals surface area contributed by atoms with Gasteiger partial charge in [-0.15, -0.1) is 0 Å². The van der Waals surface area contributed by atoms with Gasteiger partial charge >= 0.3 is 0 Å². The Balaban J connectivity index is 1.35. The first-order valence-electron chi connectivity index (χ1n) is 15.2. The number of piperazine rings is 1. The zero-order valence-electron chi connectivity index (χ0n) is 25.4. The largest absolute Gasteiger partial charge is 0.492 e. The molecule has 242 valence electrons. The number of nitrogens with one attached hydrogen (secondary N) is 1. The predicted molar refractivity (Wildman–Crippen MR) is 164 cm³/mol. The summed E-state index contributed by atoms with van der Waals surface area (Å²) in [6, 6.07) is 4.91. The van der Waals surface area contributed by atoms with Gasteiger partial charge in [-0.25, -0.2) is 16.8 Å². The molecule has 2 atom stereocenters. The number of amides is 2. The van der Waals surface area contributed by atoms with E-state index in [1.165, 1.54) is 24.3 Å². The molecule has 1 aliphatic carbocycles. The Morgan fingerprint density at radius 2 is 1.60 bits per heavy atom. The number of hydrogen-bond donors (Lipinski definition) is 2. The first kappa shape index (κ1) is 33.5. The minimum absolute atomic E-state index is 0.000102. The number of nitrogens with zero attached hydrogens (tertiary/aromatic N) is 3. The van der Waals surface area contributed by atoms with E-state index in [1.54, 1.807) is 4.90 Å². The summed E-state index contributed by atoms with van der Waals surface area (Å²) in [7, 11) is -8.06. The third kappa shape index (κ3) is 7.63. The lowest BCUT2D eigenvalue weighted by Gasteiger charge is -2.52. The molecule has 3 aliphatic rings. The van der Waals surface area contributed by atoms with Crippen LogP contribution in [0.3, 0.4) is 0 Å². The maximum Gasteiger partial charge on any atom is 0.248 e. The van der Waals surface area contributed by atoms with Gasteiger partial charge in [-0.2, -0.15) is 3.71 Å². The molecule has 2 aliphatic heterocycles. The van der Waals surface area contributed by atoms with Gasteiger partial charge in [0.2, 0.25) is 31.9 Å². The first-order valence-corrected chi connectivity index (χ1v) is 18.9. The van der Waals surface area contributed by atoms with Crippen molar-refractivity contribution in [2.24, 2.45) is 5.92 Å². The molecule has 2 N–H and O–H groups in total. The molecule has 43 heavy (non-hydrogen) atoms. The average molecular weight is 643 g/mol. The number of benzene rings is 1. The summed E-state index contributed by atoms with van der Waals surface area (Å²) in [6.07, 6.45) is 8.41. The van der Waals surface area contributed by atoms with Crippen LogP contribution in [0.25, 0.3) is 0 Å². The number of rotatable bonds is 12. The molecule has 1 spiro atoms. The van der Waals surface area contributed by atoms with Crippen molar-refractivity contribution in [3.05, 3.63) is 24.3 Å². The van der Waals surface area contributed by atoms with Crippen LogP contribution in [0.1, 0.15) is 64.7 Å². The van der Waals surface area contributed by atoms with Gasteiger partial charge in [-0.1, -0.05) is 32.6 Å². The van der Waals surface area contributed by atoms with Crippen LogP contribution in [0.15, 0.2) is 24.3 Å². The van der Waals surface area contributed by atoms with E-state index in [2.05, 4.69) is 17.1 Å². The van der Waals surface area contributed by atoms with Gasteiger partial charge in [0.25, 0.3) is 0 Å². The number of carbonyl (C=O) groups is 2. The van der Waals surface area contributed by atoms with Crippen LogP contribution in [0, 0.1) is 5.92 Å². The molecule has 1 aromatic rings. The number of ether oxygens (including phenoxy) is 1. The molecule has 12 nitrogen and oxygen atoms in total. The molecule has 1 aromatic carbocycles. The van der Waals surface area contributed by atoms with E-state index in [0.717, 1.165) is 57.5 Å². The van der Waals surface area contributed by atoms with Crippen LogP contribution in [0.2, 0.25) is 0 Å². The molecule has 0 aromatic heterocycles. The Morgan fingerprint density at radius 3 is 2.16 bits per heavy atom. The molecule has 2 heterocycles. The Labute approximate surface area is 255 Å². The summed E-state index contributed by atoms with van der Waals surface area (Å²) >= 11 is 0. The smallest absolute Gasteiger partial charge is 0.248 e. The number of piperidine rings is 1. The SMILES string of the molecule is CCCCN1C(=O)[C@@H]([C@H](O)C2CCCCC2)NC(=O)C12CCN(CCOc1ccc(N(S(C)(=O)=O)S(C)(=O)=O)cc1)CC2. The van der Waals surface area contributed by atoms with Gasteiger partial charge < -0.3 is 20.1 Å². The fraction of sp³-hybridized carbons (Fsp3) is 0.724. The summed E-state index contributed by atoms with van der Waals surface area (Å²) in [4.78, 5) is 31.4. The molecule has 2 amide bonds. The molecule has 14 heteroatoms. The van der Waals surface area contributed by atoms with Crippen LogP contribution in [0.5, 0.6) is 5.75 Å². The molecule has 1 saturated carbocycles. The van der Waals surface area contributed by atoms with Crippen LogP contribution in [-0.4, -0.2) is 107 Å². The number of likely N-dealkylation sites (tertiary alicyclic amines) is 1. The van der Waals surface area contributed by atoms with Crippen molar-refractivity contribution in [1.29, 1.82) is 0 Å². The van der Waals surface area contributed by atoms with Gasteiger partial charge in [0.15, 0.2) is 0 Å². The number of unbranched alkanes of at least 4 members (excludes halogenated alkanes) is 1. The van der Waals surface area contributed by atoms with Crippen LogP contribution >= 0.6 is 0 Å². The summed E-state index contributed by atoms with van der Waals surface area (Å²) in [5.74, 6) is 0.152. The van der Waals surface area contributed by atoms with E-state index in [9.17, 15) is 31.5 Å². The van der Waals surface area contributed by atoms with Crippen molar-refractivity contribution in [1.82, 2.24) is 15.1 Å². The normalized spacial score (nSPS) is 22.8. The van der Waals surface area contributed by atoms with E-state index in [0.29, 0.717) is 55.1 Å². The number of aliphatic hydroxyl groups excluding tert-OH is 1. The van der Waals surface area contributed by atoms with Gasteiger partial charge in [-0.05, 0) is 62.3 Å². The van der Waals surface area contributed by atoms with Gasteiger partial charge in [0, 0.05) is 26.2 Å². The molecular formula is C29H46N4O8S2. The Morgan fingerprint density at radius 1 is 1.00 bits per heavy atom. The molecule has 4 rings (SSSR count). The molecule has 0 radical (unpaired) electrons. The van der Waals surface area contributed by atoms with E-state index < -0.39 is 37.7 Å². The molecule has 2 saturated heterocycles. The standard InChI is InChI=1S/C29H46N4O8S2/c1-4-5-17-32-27(35)25(26(34)22-9-7-6-8-10-22)30-28(36)29(32)15-18-31(19-16-29)20-21-41-24-13-11-23(12-14-24)33(42(2,37)38)43(3,39)40/h11-14,22,25-26,34H,4-10,15-21H2,1-3H3,(H,30,36)/t25-,26-/m1/s1. The molecular weight excluding hydrogens is 596 g/mol. The topological polar surface area (TPSA) is 154 Å². The van der Waals surface area contributed by atoms with Gasteiger partial charge in [0.05, 0.1) is 24.3 Å². The van der Waals surface area contributed by atoms with E-state index in [4.69, 9.17) is 4.74 Å². The number of aliphatic hydroxyl groups is 1. The predicted octanol–water partition coefficient (Wildman–Crippen LogP) is 1.69. The summed E-state index contributed by atoms with van der Waals surface area (Å²) in [5, 5.41) is 14.1. The van der Waals surface area contributed by atoms with Crippen LogP contribution < -0.4 is 13.8 Å². The summed E-state index contributed by atoms with van der Waals surface area (Å²) < 4.78 is 54.2. The van der Waals surface area contributed by atoms with Crippen LogP contribution in [0.4, 0.5) is 5.69 Å². The quantitative estimate of drug-likeness (QED) is 0.347. The lowest BCUT2D eigenvalue weighted by molar-refractivity contribution is -0.166. The average Bonchev–Trinajstić information content (AvgIpc) is 2.95. The maximum atomic E-state index is 13.8. The second-order valence-corrected chi connectivity index (χ2v) is 16.0. The zero-order valence-corrected chi connectivity index (χ0v) is 27.0. The lowest BCUT2D eigenvalue weighted by Crippen LogP contribution is -2.75. The minimum atomic E-state index is -4.03. The second kappa shape index (κ2) is 13.7. The molecule has 3 fully saturated rings. The van der Waals surface area contributed by atoms with Crippen molar-refractivity contribution < 1.29 is 36.3 Å². The highest BCUT2D eigenvalue weighted by atomic mass is 32.3. The monoisotopic (exact) mass is 642 g/mol. The van der Waals surface area contributed by atoms with Crippen molar-refractivity contribution in [3.8, 4) is 5.75 Å². The maximum absolute atomic E-state index is 13.8. The van der Waals surface area contributed by atoms with Crippen molar-refractivity contribution in [2.75, 3.05) is 49.0 Å². The number of hydrogen-bond acceptors (Lipinski definition) is 9. The highest BCUT2D eigenvalue weighted by molar-refractivity contribution is 8.09. The van der Waals surface area contributed by atoms with E-state index >= 15 is 0 Å². The lowest BCUT2D eigenvalue weighted by atomic mass is 9.78. The van der Waals surface area contributed by atoms with Crippen molar-refractivity contribution in [3.63, 3.8) is 0 Å². The van der Waals surface area contributed by atoms with Gasteiger partial charge in [0.1, 0.15) is 23.9 Å². The Kier molecular flexibility index (Phi) is 10.7.